The van der Waals surface area contributed by atoms with Crippen LogP contribution in [0.5, 0.6) is 5.75 Å². The molecule has 0 fully saturated rings. The van der Waals surface area contributed by atoms with E-state index in [2.05, 4.69) is 0 Å². The first kappa shape index (κ1) is 10.3. The van der Waals surface area contributed by atoms with Crippen LogP contribution >= 0.6 is 11.6 Å². The molecular formula is C10H7ClN2O. The maximum absolute atomic E-state index is 8.65. The molecule has 1 aromatic carbocycles. The molecule has 3 nitrogen and oxygen atoms in total. The molecule has 0 saturated carbocycles. The third kappa shape index (κ3) is 1.94. The number of ether oxygens (including phenoxy) is 1. The fraction of sp³-hybridized carbons (Fsp3) is 0.100. The Hall–Kier alpha value is -1.75. The number of benzene rings is 1. The average Bonchev–Trinajstić information content (AvgIpc) is 2.20. The van der Waals surface area contributed by atoms with Crippen LogP contribution in [0.3, 0.4) is 0 Å². The highest BCUT2D eigenvalue weighted by molar-refractivity contribution is 6.32. The molecule has 0 heterocycles. The third-order valence-corrected chi connectivity index (χ3v) is 1.97. The van der Waals surface area contributed by atoms with Gasteiger partial charge >= 0.3 is 0 Å². The summed E-state index contributed by atoms with van der Waals surface area (Å²) in [6.45, 7) is 0. The van der Waals surface area contributed by atoms with E-state index in [1.807, 2.05) is 11.9 Å². The van der Waals surface area contributed by atoms with Gasteiger partial charge in [-0.3, -0.25) is 5.41 Å². The minimum atomic E-state index is 0.148. The molecule has 0 aromatic heterocycles. The molecule has 0 radical (unpaired) electrons. The predicted molar refractivity (Wildman–Crippen MR) is 54.8 cm³/mol. The van der Waals surface area contributed by atoms with E-state index >= 15 is 0 Å². The second-order valence-electron chi connectivity index (χ2n) is 2.46. The van der Waals surface area contributed by atoms with Crippen molar-refractivity contribution in [3.8, 4) is 11.8 Å². The Labute approximate surface area is 86.7 Å². The molecule has 1 rings (SSSR count). The quantitative estimate of drug-likeness (QED) is 0.597. The number of hydrogen-bond donors (Lipinski definition) is 1. The van der Waals surface area contributed by atoms with Gasteiger partial charge < -0.3 is 4.74 Å². The summed E-state index contributed by atoms with van der Waals surface area (Å²) in [6.07, 6.45) is 0. The fourth-order valence-electron chi connectivity index (χ4n) is 0.987. The highest BCUT2D eigenvalue weighted by atomic mass is 35.5. The van der Waals surface area contributed by atoms with Crippen molar-refractivity contribution in [2.45, 2.75) is 0 Å². The van der Waals surface area contributed by atoms with Gasteiger partial charge in [-0.2, -0.15) is 5.26 Å². The summed E-state index contributed by atoms with van der Waals surface area (Å²) < 4.78 is 4.96. The van der Waals surface area contributed by atoms with Gasteiger partial charge in [0.2, 0.25) is 0 Å². The van der Waals surface area contributed by atoms with Gasteiger partial charge in [0.1, 0.15) is 17.4 Å². The lowest BCUT2D eigenvalue weighted by atomic mass is 10.1. The van der Waals surface area contributed by atoms with Crippen molar-refractivity contribution >= 4 is 23.0 Å². The topological polar surface area (TPSA) is 56.9 Å². The first-order chi connectivity index (χ1) is 6.72. The number of rotatable bonds is 2. The number of allylic oxidation sites excluding steroid dienone is 1. The molecule has 14 heavy (non-hydrogen) atoms. The van der Waals surface area contributed by atoms with E-state index in [0.717, 1.165) is 0 Å². The Bertz CT molecular complexity index is 442. The van der Waals surface area contributed by atoms with Crippen molar-refractivity contribution in [2.24, 2.45) is 0 Å². The van der Waals surface area contributed by atoms with E-state index in [0.29, 0.717) is 16.3 Å². The maximum Gasteiger partial charge on any atom is 0.137 e. The van der Waals surface area contributed by atoms with Crippen molar-refractivity contribution in [2.75, 3.05) is 7.11 Å². The Morgan fingerprint density at radius 2 is 2.29 bits per heavy atom. The van der Waals surface area contributed by atoms with Crippen LogP contribution in [0.1, 0.15) is 5.56 Å². The van der Waals surface area contributed by atoms with E-state index in [-0.39, 0.29) is 5.57 Å². The lowest BCUT2D eigenvalue weighted by Gasteiger charge is -2.03. The van der Waals surface area contributed by atoms with E-state index in [1.165, 1.54) is 7.11 Å². The minimum Gasteiger partial charge on any atom is -0.495 e. The lowest BCUT2D eigenvalue weighted by Crippen LogP contribution is -1.87. The smallest absolute Gasteiger partial charge is 0.137 e. The van der Waals surface area contributed by atoms with E-state index in [1.54, 1.807) is 18.2 Å². The number of methoxy groups -OCH3 is 1. The van der Waals surface area contributed by atoms with Crippen LogP contribution in [0.2, 0.25) is 5.02 Å². The van der Waals surface area contributed by atoms with Crippen LogP contribution in [0.25, 0.3) is 5.57 Å². The SMILES string of the molecule is COc1ccc(C(=C=N)C#N)cc1Cl. The molecule has 0 atom stereocenters. The van der Waals surface area contributed by atoms with E-state index in [4.69, 9.17) is 27.0 Å². The molecular weight excluding hydrogens is 200 g/mol. The molecule has 0 amide bonds. The molecule has 0 aliphatic rings. The summed E-state index contributed by atoms with van der Waals surface area (Å²) in [7, 11) is 1.51. The Morgan fingerprint density at radius 1 is 1.57 bits per heavy atom. The zero-order valence-corrected chi connectivity index (χ0v) is 8.22. The monoisotopic (exact) mass is 206 g/mol. The molecule has 0 bridgehead atoms. The van der Waals surface area contributed by atoms with Crippen LogP contribution in [-0.4, -0.2) is 13.0 Å². The largest absolute Gasteiger partial charge is 0.495 e. The van der Waals surface area contributed by atoms with Gasteiger partial charge in [0.15, 0.2) is 0 Å². The number of nitrogens with zero attached hydrogens (tertiary/aromatic N) is 1. The van der Waals surface area contributed by atoms with Crippen LogP contribution < -0.4 is 4.74 Å². The minimum absolute atomic E-state index is 0.148. The Balaban J connectivity index is 3.23. The standard InChI is InChI=1S/C10H7ClN2O/c1-14-10-3-2-7(4-9(10)11)8(5-12)6-13/h2-4,12H,1H3. The van der Waals surface area contributed by atoms with E-state index < -0.39 is 0 Å². The number of nitrogens with one attached hydrogen (secondary N) is 1. The Kier molecular flexibility index (Phi) is 3.30. The van der Waals surface area contributed by atoms with Crippen molar-refractivity contribution in [1.29, 1.82) is 10.7 Å². The van der Waals surface area contributed by atoms with Crippen molar-refractivity contribution < 1.29 is 4.74 Å². The molecule has 0 unspecified atom stereocenters. The molecule has 0 aliphatic carbocycles. The zero-order chi connectivity index (χ0) is 10.6. The summed E-state index contributed by atoms with van der Waals surface area (Å²) in [5.74, 6) is 2.58. The zero-order valence-electron chi connectivity index (χ0n) is 7.47. The molecule has 0 spiro atoms. The third-order valence-electron chi connectivity index (χ3n) is 1.68. The fourth-order valence-corrected chi connectivity index (χ4v) is 1.24. The normalized spacial score (nSPS) is 8.64. The van der Waals surface area contributed by atoms with E-state index in [9.17, 15) is 0 Å². The van der Waals surface area contributed by atoms with Crippen molar-refractivity contribution in [3.63, 3.8) is 0 Å². The molecule has 0 aliphatic heterocycles. The highest BCUT2D eigenvalue weighted by Gasteiger charge is 2.05. The number of nitriles is 1. The van der Waals surface area contributed by atoms with Crippen LogP contribution in [0, 0.1) is 16.7 Å². The van der Waals surface area contributed by atoms with Crippen LogP contribution in [0.4, 0.5) is 0 Å². The van der Waals surface area contributed by atoms with Gasteiger partial charge in [0.25, 0.3) is 0 Å². The summed E-state index contributed by atoms with van der Waals surface area (Å²) in [5.41, 5.74) is 0.711. The van der Waals surface area contributed by atoms with Crippen molar-refractivity contribution in [1.82, 2.24) is 0 Å². The molecule has 0 saturated heterocycles. The molecule has 1 aromatic rings. The maximum atomic E-state index is 8.65. The van der Waals surface area contributed by atoms with Crippen molar-refractivity contribution in [3.05, 3.63) is 28.8 Å². The summed E-state index contributed by atoms with van der Waals surface area (Å²) in [4.78, 5) is 0. The van der Waals surface area contributed by atoms with Gasteiger partial charge in [-0.25, -0.2) is 0 Å². The molecule has 4 heteroatoms. The lowest BCUT2D eigenvalue weighted by molar-refractivity contribution is 0.415. The summed E-state index contributed by atoms with van der Waals surface area (Å²) in [6, 6.07) is 6.72. The van der Waals surface area contributed by atoms with Crippen LogP contribution in [-0.2, 0) is 0 Å². The first-order valence-corrected chi connectivity index (χ1v) is 4.14. The number of halogens is 1. The number of hydrogen-bond acceptors (Lipinski definition) is 3. The molecule has 70 valence electrons. The first-order valence-electron chi connectivity index (χ1n) is 3.76. The van der Waals surface area contributed by atoms with Crippen LogP contribution in [0.15, 0.2) is 18.2 Å². The second-order valence-corrected chi connectivity index (χ2v) is 2.87. The van der Waals surface area contributed by atoms with Gasteiger partial charge in [-0.05, 0) is 24.1 Å². The predicted octanol–water partition coefficient (Wildman–Crippen LogP) is 2.50. The molecule has 1 N–H and O–H groups in total. The van der Waals surface area contributed by atoms with Gasteiger partial charge in [0.05, 0.1) is 12.1 Å². The highest BCUT2D eigenvalue weighted by Crippen LogP contribution is 2.26. The van der Waals surface area contributed by atoms with Gasteiger partial charge in [0, 0.05) is 5.56 Å². The second kappa shape index (κ2) is 4.48. The average molecular weight is 207 g/mol. The summed E-state index contributed by atoms with van der Waals surface area (Å²) >= 11 is 5.85. The van der Waals surface area contributed by atoms with Gasteiger partial charge in [-0.15, -0.1) is 0 Å². The Morgan fingerprint density at radius 3 is 2.71 bits per heavy atom. The summed E-state index contributed by atoms with van der Waals surface area (Å²) in [5, 5.41) is 15.9. The van der Waals surface area contributed by atoms with Gasteiger partial charge in [-0.1, -0.05) is 11.6 Å².